The van der Waals surface area contributed by atoms with Crippen molar-refractivity contribution >= 4 is 28.6 Å². The van der Waals surface area contributed by atoms with Gasteiger partial charge in [-0.05, 0) is 30.0 Å². The number of aryl methyl sites for hydroxylation is 1. The van der Waals surface area contributed by atoms with Gasteiger partial charge in [0, 0.05) is 16.3 Å². The van der Waals surface area contributed by atoms with E-state index in [0.717, 1.165) is 27.6 Å². The SMILES string of the molecule is Cc1ccccc1OCCNC(=O)Cc1csc(-c2ccsc2)n1. The van der Waals surface area contributed by atoms with Crippen LogP contribution in [0.5, 0.6) is 5.75 Å². The van der Waals surface area contributed by atoms with E-state index in [0.29, 0.717) is 19.6 Å². The molecule has 24 heavy (non-hydrogen) atoms. The first-order valence-corrected chi connectivity index (χ1v) is 9.47. The van der Waals surface area contributed by atoms with Gasteiger partial charge in [0.25, 0.3) is 0 Å². The Morgan fingerprint density at radius 2 is 2.12 bits per heavy atom. The summed E-state index contributed by atoms with van der Waals surface area (Å²) in [5.41, 5.74) is 3.01. The van der Waals surface area contributed by atoms with Crippen molar-refractivity contribution in [2.24, 2.45) is 0 Å². The number of nitrogens with zero attached hydrogens (tertiary/aromatic N) is 1. The van der Waals surface area contributed by atoms with E-state index in [4.69, 9.17) is 4.74 Å². The highest BCUT2D eigenvalue weighted by Gasteiger charge is 2.09. The smallest absolute Gasteiger partial charge is 0.226 e. The van der Waals surface area contributed by atoms with Gasteiger partial charge in [-0.2, -0.15) is 11.3 Å². The van der Waals surface area contributed by atoms with Crippen LogP contribution in [0.25, 0.3) is 10.6 Å². The summed E-state index contributed by atoms with van der Waals surface area (Å²) in [6.07, 6.45) is 0.297. The van der Waals surface area contributed by atoms with E-state index >= 15 is 0 Å². The minimum absolute atomic E-state index is 0.0365. The van der Waals surface area contributed by atoms with Crippen molar-refractivity contribution in [1.29, 1.82) is 0 Å². The van der Waals surface area contributed by atoms with E-state index < -0.39 is 0 Å². The molecule has 0 saturated carbocycles. The number of hydrogen-bond acceptors (Lipinski definition) is 5. The summed E-state index contributed by atoms with van der Waals surface area (Å²) < 4.78 is 5.66. The number of rotatable bonds is 7. The Hall–Kier alpha value is -2.18. The number of aromatic nitrogens is 1. The number of amides is 1. The number of nitrogens with one attached hydrogen (secondary N) is 1. The van der Waals surface area contributed by atoms with E-state index in [2.05, 4.69) is 15.7 Å². The van der Waals surface area contributed by atoms with Gasteiger partial charge in [-0.25, -0.2) is 4.98 Å². The molecule has 0 saturated heterocycles. The number of ether oxygens (including phenoxy) is 1. The minimum Gasteiger partial charge on any atom is -0.491 e. The van der Waals surface area contributed by atoms with Crippen LogP contribution >= 0.6 is 22.7 Å². The number of thiophene rings is 1. The van der Waals surface area contributed by atoms with Gasteiger partial charge >= 0.3 is 0 Å². The van der Waals surface area contributed by atoms with Crippen molar-refractivity contribution in [2.45, 2.75) is 13.3 Å². The van der Waals surface area contributed by atoms with Gasteiger partial charge in [-0.15, -0.1) is 11.3 Å². The van der Waals surface area contributed by atoms with E-state index in [-0.39, 0.29) is 5.91 Å². The van der Waals surface area contributed by atoms with E-state index in [1.54, 1.807) is 22.7 Å². The second-order valence-corrected chi connectivity index (χ2v) is 6.93. The Balaban J connectivity index is 1.42. The van der Waals surface area contributed by atoms with Crippen LogP contribution in [0.1, 0.15) is 11.3 Å². The molecular weight excluding hydrogens is 340 g/mol. The Morgan fingerprint density at radius 1 is 1.25 bits per heavy atom. The molecule has 0 radical (unpaired) electrons. The Labute approximate surface area is 149 Å². The second kappa shape index (κ2) is 8.08. The summed E-state index contributed by atoms with van der Waals surface area (Å²) in [5.74, 6) is 0.817. The van der Waals surface area contributed by atoms with Gasteiger partial charge in [-0.3, -0.25) is 4.79 Å². The molecule has 0 atom stereocenters. The summed E-state index contributed by atoms with van der Waals surface area (Å²) in [5, 5.41) is 9.86. The molecule has 3 rings (SSSR count). The summed E-state index contributed by atoms with van der Waals surface area (Å²) in [4.78, 5) is 16.5. The molecule has 2 heterocycles. The fourth-order valence-corrected chi connectivity index (χ4v) is 3.74. The lowest BCUT2D eigenvalue weighted by Crippen LogP contribution is -2.29. The third kappa shape index (κ3) is 4.43. The first-order chi connectivity index (χ1) is 11.7. The molecule has 1 amide bonds. The van der Waals surface area contributed by atoms with E-state index in [1.807, 2.05) is 48.0 Å². The predicted molar refractivity (Wildman–Crippen MR) is 98.8 cm³/mol. The highest BCUT2D eigenvalue weighted by atomic mass is 32.1. The summed E-state index contributed by atoms with van der Waals surface area (Å²) >= 11 is 3.21. The molecule has 4 nitrogen and oxygen atoms in total. The fourth-order valence-electron chi connectivity index (χ4n) is 2.20. The standard InChI is InChI=1S/C18H18N2O2S2/c1-13-4-2-3-5-16(13)22-8-7-19-17(21)10-15-12-24-18(20-15)14-6-9-23-11-14/h2-6,9,11-12H,7-8,10H2,1H3,(H,19,21). The Kier molecular flexibility index (Phi) is 5.61. The maximum Gasteiger partial charge on any atom is 0.226 e. The van der Waals surface area contributed by atoms with Gasteiger partial charge in [0.1, 0.15) is 17.4 Å². The summed E-state index contributed by atoms with van der Waals surface area (Å²) in [7, 11) is 0. The van der Waals surface area contributed by atoms with Crippen molar-refractivity contribution in [3.8, 4) is 16.3 Å². The monoisotopic (exact) mass is 358 g/mol. The fraction of sp³-hybridized carbons (Fsp3) is 0.222. The number of carbonyl (C=O) groups excluding carboxylic acids is 1. The van der Waals surface area contributed by atoms with Crippen molar-refractivity contribution in [3.63, 3.8) is 0 Å². The normalized spacial score (nSPS) is 10.5. The molecule has 0 spiro atoms. The molecule has 124 valence electrons. The van der Waals surface area contributed by atoms with Crippen molar-refractivity contribution in [3.05, 3.63) is 57.7 Å². The zero-order chi connectivity index (χ0) is 16.8. The average Bonchev–Trinajstić information content (AvgIpc) is 3.24. The number of hydrogen-bond donors (Lipinski definition) is 1. The van der Waals surface area contributed by atoms with E-state index in [1.165, 1.54) is 0 Å². The van der Waals surface area contributed by atoms with Gasteiger partial charge in [-0.1, -0.05) is 18.2 Å². The molecular formula is C18H18N2O2S2. The molecule has 0 bridgehead atoms. The zero-order valence-corrected chi connectivity index (χ0v) is 15.0. The lowest BCUT2D eigenvalue weighted by atomic mass is 10.2. The first-order valence-electron chi connectivity index (χ1n) is 7.64. The molecule has 0 unspecified atom stereocenters. The third-order valence-corrected chi connectivity index (χ3v) is 5.06. The number of thiazole rings is 1. The maximum absolute atomic E-state index is 12.0. The van der Waals surface area contributed by atoms with Crippen LogP contribution in [0.15, 0.2) is 46.5 Å². The molecule has 3 aromatic rings. The summed E-state index contributed by atoms with van der Waals surface area (Å²) in [6, 6.07) is 9.88. The average molecular weight is 358 g/mol. The van der Waals surface area contributed by atoms with Crippen molar-refractivity contribution < 1.29 is 9.53 Å². The van der Waals surface area contributed by atoms with E-state index in [9.17, 15) is 4.79 Å². The van der Waals surface area contributed by atoms with Crippen LogP contribution in [0.3, 0.4) is 0 Å². The zero-order valence-electron chi connectivity index (χ0n) is 13.3. The highest BCUT2D eigenvalue weighted by Crippen LogP contribution is 2.25. The highest BCUT2D eigenvalue weighted by molar-refractivity contribution is 7.14. The van der Waals surface area contributed by atoms with Crippen molar-refractivity contribution in [2.75, 3.05) is 13.2 Å². The molecule has 6 heteroatoms. The van der Waals surface area contributed by atoms with Gasteiger partial charge in [0.05, 0.1) is 18.7 Å². The predicted octanol–water partition coefficient (Wildman–Crippen LogP) is 3.92. The van der Waals surface area contributed by atoms with Crippen molar-refractivity contribution in [1.82, 2.24) is 10.3 Å². The van der Waals surface area contributed by atoms with Crippen LogP contribution in [-0.2, 0) is 11.2 Å². The first kappa shape index (κ1) is 16.7. The minimum atomic E-state index is -0.0365. The van der Waals surface area contributed by atoms with Gasteiger partial charge in [0.2, 0.25) is 5.91 Å². The second-order valence-electron chi connectivity index (χ2n) is 5.30. The van der Waals surface area contributed by atoms with Gasteiger partial charge in [0.15, 0.2) is 0 Å². The molecule has 2 aromatic heterocycles. The molecule has 0 fully saturated rings. The molecule has 0 aliphatic carbocycles. The van der Waals surface area contributed by atoms with Crippen LogP contribution in [0.4, 0.5) is 0 Å². The lowest BCUT2D eigenvalue weighted by molar-refractivity contribution is -0.120. The third-order valence-electron chi connectivity index (χ3n) is 3.44. The van der Waals surface area contributed by atoms with Crippen LogP contribution in [0, 0.1) is 6.92 Å². The Morgan fingerprint density at radius 3 is 2.92 bits per heavy atom. The van der Waals surface area contributed by atoms with Crippen LogP contribution < -0.4 is 10.1 Å². The Bertz CT molecular complexity index is 797. The molecule has 1 N–H and O–H groups in total. The van der Waals surface area contributed by atoms with Crippen LogP contribution in [0.2, 0.25) is 0 Å². The maximum atomic E-state index is 12.0. The van der Waals surface area contributed by atoms with Crippen LogP contribution in [-0.4, -0.2) is 24.0 Å². The lowest BCUT2D eigenvalue weighted by Gasteiger charge is -2.09. The number of para-hydroxylation sites is 1. The van der Waals surface area contributed by atoms with Gasteiger partial charge < -0.3 is 10.1 Å². The quantitative estimate of drug-likeness (QED) is 0.651. The molecule has 0 aliphatic heterocycles. The molecule has 0 aliphatic rings. The number of carbonyl (C=O) groups is 1. The number of benzene rings is 1. The largest absolute Gasteiger partial charge is 0.491 e. The topological polar surface area (TPSA) is 51.2 Å². The molecule has 1 aromatic carbocycles. The summed E-state index contributed by atoms with van der Waals surface area (Å²) in [6.45, 7) is 2.93.